The van der Waals surface area contributed by atoms with Gasteiger partial charge in [0, 0.05) is 12.1 Å². The van der Waals surface area contributed by atoms with E-state index in [-0.39, 0.29) is 29.6 Å². The van der Waals surface area contributed by atoms with E-state index in [1.165, 1.54) is 0 Å². The van der Waals surface area contributed by atoms with Crippen LogP contribution in [0.5, 0.6) is 0 Å². The normalized spacial score (nSPS) is 22.9. The van der Waals surface area contributed by atoms with E-state index < -0.39 is 5.91 Å². The summed E-state index contributed by atoms with van der Waals surface area (Å²) in [6, 6.07) is 1.57. The Morgan fingerprint density at radius 3 is 2.65 bits per heavy atom. The lowest BCUT2D eigenvalue weighted by atomic mass is 9.92. The highest BCUT2D eigenvalue weighted by molar-refractivity contribution is 5.97. The van der Waals surface area contributed by atoms with Crippen LogP contribution in [-0.2, 0) is 4.79 Å². The summed E-state index contributed by atoms with van der Waals surface area (Å²) >= 11 is 0. The number of piperidine rings is 1. The largest absolute Gasteiger partial charge is 0.364 e. The maximum absolute atomic E-state index is 12.2. The number of hydrogen-bond acceptors (Lipinski definition) is 3. The number of amides is 2. The number of carbonyl (C=O) groups excluding carboxylic acids is 2. The van der Waals surface area contributed by atoms with E-state index in [2.05, 4.69) is 15.6 Å². The zero-order valence-corrected chi connectivity index (χ0v) is 11.9. The maximum Gasteiger partial charge on any atom is 0.265 e. The second kappa shape index (κ2) is 5.46. The van der Waals surface area contributed by atoms with E-state index in [1.54, 1.807) is 12.3 Å². The van der Waals surface area contributed by atoms with Crippen LogP contribution >= 0.6 is 12.4 Å². The van der Waals surface area contributed by atoms with Crippen molar-refractivity contribution >= 4 is 29.9 Å². The molecule has 110 valence electrons. The third kappa shape index (κ3) is 2.66. The average Bonchev–Trinajstić information content (AvgIpc) is 2.86. The molecular formula is C13H19ClN4O2. The van der Waals surface area contributed by atoms with Gasteiger partial charge in [-0.2, -0.15) is 0 Å². The van der Waals surface area contributed by atoms with Crippen LogP contribution in [0, 0.1) is 11.3 Å². The van der Waals surface area contributed by atoms with Crippen LogP contribution < -0.4 is 16.4 Å². The molecule has 6 nitrogen and oxygen atoms in total. The molecule has 1 aromatic rings. The number of carbonyl (C=O) groups is 2. The van der Waals surface area contributed by atoms with Crippen molar-refractivity contribution < 1.29 is 9.59 Å². The fourth-order valence-electron chi connectivity index (χ4n) is 3.03. The number of primary amides is 1. The molecule has 0 radical (unpaired) electrons. The molecule has 7 heteroatoms. The van der Waals surface area contributed by atoms with Crippen LogP contribution in [0.4, 0.5) is 5.69 Å². The van der Waals surface area contributed by atoms with E-state index in [0.717, 1.165) is 32.4 Å². The molecular weight excluding hydrogens is 280 g/mol. The van der Waals surface area contributed by atoms with Crippen LogP contribution in [0.1, 0.15) is 29.8 Å². The molecule has 1 saturated carbocycles. The summed E-state index contributed by atoms with van der Waals surface area (Å²) in [4.78, 5) is 25.9. The van der Waals surface area contributed by atoms with Gasteiger partial charge < -0.3 is 21.4 Å². The van der Waals surface area contributed by atoms with Gasteiger partial charge in [-0.15, -0.1) is 12.4 Å². The predicted octanol–water partition coefficient (Wildman–Crippen LogP) is 0.864. The number of rotatable bonds is 3. The summed E-state index contributed by atoms with van der Waals surface area (Å²) in [5, 5.41) is 6.17. The molecule has 1 spiro atoms. The summed E-state index contributed by atoms with van der Waals surface area (Å²) < 4.78 is 0. The highest BCUT2D eigenvalue weighted by Gasteiger charge is 2.57. The molecule has 3 rings (SSSR count). The highest BCUT2D eigenvalue weighted by Crippen LogP contribution is 2.58. The van der Waals surface area contributed by atoms with E-state index in [4.69, 9.17) is 5.73 Å². The minimum Gasteiger partial charge on any atom is -0.364 e. The number of anilines is 1. The van der Waals surface area contributed by atoms with Gasteiger partial charge >= 0.3 is 0 Å². The Kier molecular flexibility index (Phi) is 4.06. The number of hydrogen-bond donors (Lipinski definition) is 4. The first kappa shape index (κ1) is 14.9. The van der Waals surface area contributed by atoms with Gasteiger partial charge in [-0.3, -0.25) is 9.59 Å². The number of aromatic amines is 1. The van der Waals surface area contributed by atoms with Crippen LogP contribution in [-0.4, -0.2) is 29.9 Å². The second-order valence-electron chi connectivity index (χ2n) is 5.52. The lowest BCUT2D eigenvalue weighted by Gasteiger charge is -2.23. The van der Waals surface area contributed by atoms with Gasteiger partial charge in [0.2, 0.25) is 5.91 Å². The molecule has 1 unspecified atom stereocenters. The monoisotopic (exact) mass is 298 g/mol. The van der Waals surface area contributed by atoms with Crippen molar-refractivity contribution in [1.82, 2.24) is 10.3 Å². The zero-order valence-electron chi connectivity index (χ0n) is 11.1. The SMILES string of the molecule is Cl.NC(=O)c1cc(NC(=O)C2CC23CCNCC3)c[nH]1. The fraction of sp³-hybridized carbons (Fsp3) is 0.538. The lowest BCUT2D eigenvalue weighted by Crippen LogP contribution is -2.31. The first-order valence-corrected chi connectivity index (χ1v) is 6.60. The molecule has 1 aromatic heterocycles. The van der Waals surface area contributed by atoms with Crippen molar-refractivity contribution in [3.8, 4) is 0 Å². The van der Waals surface area contributed by atoms with E-state index in [9.17, 15) is 9.59 Å². The molecule has 2 aliphatic rings. The fourth-order valence-corrected chi connectivity index (χ4v) is 3.03. The lowest BCUT2D eigenvalue weighted by molar-refractivity contribution is -0.118. The standard InChI is InChI=1S/C13H18N4O2.ClH/c14-11(18)10-5-8(7-16-10)17-12(19)9-6-13(9)1-3-15-4-2-13;/h5,7,9,15-16H,1-4,6H2,(H2,14,18)(H,17,19);1H. The Morgan fingerprint density at radius 2 is 2.05 bits per heavy atom. The van der Waals surface area contributed by atoms with Crippen molar-refractivity contribution in [2.75, 3.05) is 18.4 Å². The van der Waals surface area contributed by atoms with Crippen molar-refractivity contribution in [2.24, 2.45) is 17.1 Å². The van der Waals surface area contributed by atoms with Crippen LogP contribution in [0.15, 0.2) is 12.3 Å². The summed E-state index contributed by atoms with van der Waals surface area (Å²) in [7, 11) is 0. The van der Waals surface area contributed by atoms with E-state index >= 15 is 0 Å². The first-order valence-electron chi connectivity index (χ1n) is 6.60. The molecule has 1 aliphatic heterocycles. The number of halogens is 1. The molecule has 20 heavy (non-hydrogen) atoms. The third-order valence-corrected chi connectivity index (χ3v) is 4.32. The molecule has 2 fully saturated rings. The van der Waals surface area contributed by atoms with Gasteiger partial charge in [0.25, 0.3) is 5.91 Å². The predicted molar refractivity (Wildman–Crippen MR) is 77.8 cm³/mol. The van der Waals surface area contributed by atoms with Gasteiger partial charge in [-0.1, -0.05) is 0 Å². The van der Waals surface area contributed by atoms with Gasteiger partial charge in [0.1, 0.15) is 5.69 Å². The van der Waals surface area contributed by atoms with Gasteiger partial charge in [-0.05, 0) is 43.8 Å². The van der Waals surface area contributed by atoms with Crippen LogP contribution in [0.2, 0.25) is 0 Å². The molecule has 2 amide bonds. The number of nitrogens with two attached hydrogens (primary N) is 1. The number of nitrogens with one attached hydrogen (secondary N) is 3. The van der Waals surface area contributed by atoms with Gasteiger partial charge in [0.15, 0.2) is 0 Å². The number of aromatic nitrogens is 1. The topological polar surface area (TPSA) is 100 Å². The highest BCUT2D eigenvalue weighted by atomic mass is 35.5. The van der Waals surface area contributed by atoms with Crippen molar-refractivity contribution in [3.05, 3.63) is 18.0 Å². The Bertz CT molecular complexity index is 522. The van der Waals surface area contributed by atoms with E-state index in [0.29, 0.717) is 11.4 Å². The Hall–Kier alpha value is -1.53. The van der Waals surface area contributed by atoms with Gasteiger partial charge in [0.05, 0.1) is 5.69 Å². The van der Waals surface area contributed by atoms with Crippen LogP contribution in [0.3, 0.4) is 0 Å². The van der Waals surface area contributed by atoms with Crippen molar-refractivity contribution in [2.45, 2.75) is 19.3 Å². The summed E-state index contributed by atoms with van der Waals surface area (Å²) in [6.45, 7) is 2.00. The third-order valence-electron chi connectivity index (χ3n) is 4.32. The molecule has 0 bridgehead atoms. The molecule has 1 aliphatic carbocycles. The Balaban J connectivity index is 0.00000147. The quantitative estimate of drug-likeness (QED) is 0.666. The Morgan fingerprint density at radius 1 is 1.35 bits per heavy atom. The zero-order chi connectivity index (χ0) is 13.5. The molecule has 1 saturated heterocycles. The smallest absolute Gasteiger partial charge is 0.265 e. The molecule has 0 aromatic carbocycles. The second-order valence-corrected chi connectivity index (χ2v) is 5.52. The summed E-state index contributed by atoms with van der Waals surface area (Å²) in [5.41, 5.74) is 6.29. The summed E-state index contributed by atoms with van der Waals surface area (Å²) in [6.07, 6.45) is 4.72. The Labute approximate surface area is 123 Å². The van der Waals surface area contributed by atoms with Crippen LogP contribution in [0.25, 0.3) is 0 Å². The molecule has 2 heterocycles. The minimum absolute atomic E-state index is 0. The van der Waals surface area contributed by atoms with E-state index in [1.807, 2.05) is 0 Å². The maximum atomic E-state index is 12.2. The molecule has 1 atom stereocenters. The molecule has 5 N–H and O–H groups in total. The first-order chi connectivity index (χ1) is 9.11. The average molecular weight is 299 g/mol. The van der Waals surface area contributed by atoms with Crippen molar-refractivity contribution in [3.63, 3.8) is 0 Å². The summed E-state index contributed by atoms with van der Waals surface area (Å²) in [5.74, 6) is -0.361. The number of H-pyrrole nitrogens is 1. The van der Waals surface area contributed by atoms with Crippen molar-refractivity contribution in [1.29, 1.82) is 0 Å². The minimum atomic E-state index is -0.526. The van der Waals surface area contributed by atoms with Gasteiger partial charge in [-0.25, -0.2) is 0 Å².